The monoisotopic (exact) mass is 146 g/mol. The molecule has 0 aliphatic rings. The molecule has 0 atom stereocenters. The molecule has 0 saturated heterocycles. The van der Waals surface area contributed by atoms with E-state index in [0.29, 0.717) is 0 Å². The quantitative estimate of drug-likeness (QED) is 0.311. The Morgan fingerprint density at radius 1 is 0.833 bits per heavy atom. The zero-order chi connectivity index (χ0) is 2.00. The van der Waals surface area contributed by atoms with Crippen molar-refractivity contribution in [3.05, 3.63) is 0 Å². The van der Waals surface area contributed by atoms with Gasteiger partial charge >= 0.3 is 59.1 Å². The van der Waals surface area contributed by atoms with Crippen molar-refractivity contribution in [1.29, 1.82) is 0 Å². The second-order valence-electron chi connectivity index (χ2n) is 0. The van der Waals surface area contributed by atoms with E-state index in [1.807, 2.05) is 6.79 Å². The van der Waals surface area contributed by atoms with Gasteiger partial charge < -0.3 is 29.6 Å². The molecule has 0 aromatic heterocycles. The Balaban J connectivity index is -0.000000000833. The van der Waals surface area contributed by atoms with Crippen LogP contribution in [0.1, 0.15) is 0 Å². The predicted octanol–water partition coefficient (Wildman–Crippen LogP) is -12.2. The summed E-state index contributed by atoms with van der Waals surface area (Å²) in [7, 11) is 0. The normalized spacial score (nSPS) is 0.667. The van der Waals surface area contributed by atoms with Crippen molar-refractivity contribution in [2.45, 2.75) is 0 Å². The number of rotatable bonds is 0. The molecule has 28 valence electrons. The standard InChI is InChI=1S/CH2O.2ClH.2Na/c1-2;;;;/h1H2;2*1H;;/q;;;2*+1/p-2. The van der Waals surface area contributed by atoms with Gasteiger partial charge in [-0.1, -0.05) is 0 Å². The molecule has 0 rings (SSSR count). The maximum Gasteiger partial charge on any atom is 1.00 e. The average molecular weight is 147 g/mol. The molecule has 0 aromatic carbocycles. The van der Waals surface area contributed by atoms with Crippen LogP contribution in [0.25, 0.3) is 0 Å². The van der Waals surface area contributed by atoms with Gasteiger partial charge in [0.25, 0.3) is 0 Å². The fourth-order valence-electron chi connectivity index (χ4n) is 0. The van der Waals surface area contributed by atoms with Gasteiger partial charge in [-0.05, 0) is 0 Å². The molecule has 0 radical (unpaired) electrons. The molecule has 0 bridgehead atoms. The molecule has 0 aliphatic heterocycles. The summed E-state index contributed by atoms with van der Waals surface area (Å²) < 4.78 is 0. The third-order valence-electron chi connectivity index (χ3n) is 0. The van der Waals surface area contributed by atoms with Gasteiger partial charge in [0.2, 0.25) is 0 Å². The van der Waals surface area contributed by atoms with Gasteiger partial charge in [0.05, 0.1) is 0 Å². The molecule has 0 aliphatic carbocycles. The molecule has 0 unspecified atom stereocenters. The van der Waals surface area contributed by atoms with Gasteiger partial charge in [-0.3, -0.25) is 0 Å². The first-order chi connectivity index (χ1) is 1.00. The molecule has 0 N–H and O–H groups in total. The van der Waals surface area contributed by atoms with Gasteiger partial charge in [0.1, 0.15) is 6.79 Å². The van der Waals surface area contributed by atoms with Gasteiger partial charge in [-0.2, -0.15) is 0 Å². The van der Waals surface area contributed by atoms with Crippen LogP contribution in [-0.4, -0.2) is 6.79 Å². The maximum absolute atomic E-state index is 8.00. The van der Waals surface area contributed by atoms with E-state index < -0.39 is 0 Å². The Morgan fingerprint density at radius 2 is 0.833 bits per heavy atom. The molecule has 1 nitrogen and oxygen atoms in total. The first kappa shape index (κ1) is 41.1. The Morgan fingerprint density at radius 3 is 0.833 bits per heavy atom. The Hall–Kier alpha value is 2.25. The van der Waals surface area contributed by atoms with Crippen LogP contribution in [0.15, 0.2) is 0 Å². The first-order valence-electron chi connectivity index (χ1n) is 0.289. The minimum absolute atomic E-state index is 0. The summed E-state index contributed by atoms with van der Waals surface area (Å²) >= 11 is 0. The topological polar surface area (TPSA) is 17.1 Å². The molecule has 0 fully saturated rings. The number of hydrogen-bond donors (Lipinski definition) is 0. The zero-order valence-corrected chi connectivity index (χ0v) is 9.38. The van der Waals surface area contributed by atoms with Gasteiger partial charge in [0.15, 0.2) is 0 Å². The summed E-state index contributed by atoms with van der Waals surface area (Å²) in [6.45, 7) is 2.00. The molecule has 0 amide bonds. The van der Waals surface area contributed by atoms with Crippen LogP contribution in [-0.2, 0) is 4.79 Å². The molecular weight excluding hydrogens is 145 g/mol. The van der Waals surface area contributed by atoms with Gasteiger partial charge in [0, 0.05) is 0 Å². The van der Waals surface area contributed by atoms with Crippen LogP contribution in [0.3, 0.4) is 0 Å². The minimum Gasteiger partial charge on any atom is -1.00 e. The third kappa shape index (κ3) is 34.0. The van der Waals surface area contributed by atoms with Crippen LogP contribution >= 0.6 is 0 Å². The molecular formula is CH2Cl2Na2O. The van der Waals surface area contributed by atoms with Crippen molar-refractivity contribution in [2.75, 3.05) is 0 Å². The van der Waals surface area contributed by atoms with E-state index in [1.165, 1.54) is 0 Å². The predicted molar refractivity (Wildman–Crippen MR) is 7.12 cm³/mol. The molecule has 0 heterocycles. The average Bonchev–Trinajstić information content (AvgIpc) is 1.00. The molecule has 0 aromatic rings. The van der Waals surface area contributed by atoms with Crippen LogP contribution in [0, 0.1) is 0 Å². The number of hydrogen-bond acceptors (Lipinski definition) is 1. The van der Waals surface area contributed by atoms with Crippen molar-refractivity contribution in [1.82, 2.24) is 0 Å². The number of carbonyl (C=O) groups is 1. The second kappa shape index (κ2) is 55.9. The van der Waals surface area contributed by atoms with Crippen molar-refractivity contribution in [3.8, 4) is 0 Å². The fraction of sp³-hybridized carbons (Fsp3) is 0. The van der Waals surface area contributed by atoms with E-state index >= 15 is 0 Å². The van der Waals surface area contributed by atoms with Crippen molar-refractivity contribution in [2.24, 2.45) is 0 Å². The van der Waals surface area contributed by atoms with E-state index in [2.05, 4.69) is 0 Å². The molecule has 6 heavy (non-hydrogen) atoms. The molecule has 0 saturated carbocycles. The summed E-state index contributed by atoms with van der Waals surface area (Å²) in [5.41, 5.74) is 0. The second-order valence-corrected chi connectivity index (χ2v) is 0. The smallest absolute Gasteiger partial charge is 1.00 e. The molecule has 5 heteroatoms. The Kier molecular flexibility index (Phi) is 383. The van der Waals surface area contributed by atoms with Crippen LogP contribution < -0.4 is 83.9 Å². The number of halogens is 2. The summed E-state index contributed by atoms with van der Waals surface area (Å²) in [4.78, 5) is 8.00. The Labute approximate surface area is 94.0 Å². The Bertz CT molecular complexity index is 11.5. The fourth-order valence-corrected chi connectivity index (χ4v) is 0. The number of carbonyl (C=O) groups excluding carboxylic acids is 1. The minimum atomic E-state index is 0. The van der Waals surface area contributed by atoms with Crippen LogP contribution in [0.2, 0.25) is 0 Å². The van der Waals surface area contributed by atoms with Crippen molar-refractivity contribution in [3.63, 3.8) is 0 Å². The van der Waals surface area contributed by atoms with Gasteiger partial charge in [-0.15, -0.1) is 0 Å². The van der Waals surface area contributed by atoms with E-state index in [9.17, 15) is 0 Å². The first-order valence-corrected chi connectivity index (χ1v) is 0.289. The van der Waals surface area contributed by atoms with Crippen LogP contribution in [0.5, 0.6) is 0 Å². The summed E-state index contributed by atoms with van der Waals surface area (Å²) in [6.07, 6.45) is 0. The van der Waals surface area contributed by atoms with Crippen LogP contribution in [0.4, 0.5) is 0 Å². The summed E-state index contributed by atoms with van der Waals surface area (Å²) in [5, 5.41) is 0. The van der Waals surface area contributed by atoms with E-state index in [1.54, 1.807) is 0 Å². The SMILES string of the molecule is C=O.[Cl-].[Cl-].[Na+].[Na+]. The third-order valence-corrected chi connectivity index (χ3v) is 0. The molecule has 0 spiro atoms. The van der Waals surface area contributed by atoms with E-state index in [4.69, 9.17) is 4.79 Å². The maximum atomic E-state index is 8.00. The van der Waals surface area contributed by atoms with Crippen molar-refractivity contribution >= 4 is 6.79 Å². The zero-order valence-electron chi connectivity index (χ0n) is 3.87. The van der Waals surface area contributed by atoms with E-state index in [-0.39, 0.29) is 83.9 Å². The summed E-state index contributed by atoms with van der Waals surface area (Å²) in [6, 6.07) is 0. The van der Waals surface area contributed by atoms with E-state index in [0.717, 1.165) is 0 Å². The summed E-state index contributed by atoms with van der Waals surface area (Å²) in [5.74, 6) is 0. The van der Waals surface area contributed by atoms with Gasteiger partial charge in [-0.25, -0.2) is 0 Å². The largest absolute Gasteiger partial charge is 1.00 e. The van der Waals surface area contributed by atoms with Crippen molar-refractivity contribution < 1.29 is 88.7 Å².